The van der Waals surface area contributed by atoms with Gasteiger partial charge in [0.25, 0.3) is 0 Å². The average Bonchev–Trinajstić information content (AvgIpc) is 3.16. The quantitative estimate of drug-likeness (QED) is 0.411. The number of dihydropyridines is 1. The SMILES string of the molecule is Cc1ccc(C(=O)Oc2ccc([C@H]3C4=C(CCCC4=O)NC4=C3C(=O)c3ccccc34)cc2)cc1. The summed E-state index contributed by atoms with van der Waals surface area (Å²) in [7, 11) is 0. The first-order valence-electron chi connectivity index (χ1n) is 11.8. The minimum atomic E-state index is -0.448. The Balaban J connectivity index is 1.37. The molecule has 1 N–H and O–H groups in total. The first-order chi connectivity index (χ1) is 17.0. The summed E-state index contributed by atoms with van der Waals surface area (Å²) in [6.07, 6.45) is 2.05. The molecular weight excluding hydrogens is 438 g/mol. The molecule has 0 bridgehead atoms. The molecule has 0 aromatic heterocycles. The molecule has 3 aliphatic rings. The fourth-order valence-electron chi connectivity index (χ4n) is 5.25. The van der Waals surface area contributed by atoms with Gasteiger partial charge in [0.1, 0.15) is 5.75 Å². The minimum Gasteiger partial charge on any atom is -0.423 e. The molecule has 0 saturated heterocycles. The summed E-state index contributed by atoms with van der Waals surface area (Å²) in [5.41, 5.74) is 6.92. The number of ether oxygens (including phenoxy) is 1. The number of Topliss-reactive ketones (excluding diaryl/α,β-unsaturated/α-hetero) is 2. The first-order valence-corrected chi connectivity index (χ1v) is 11.8. The van der Waals surface area contributed by atoms with Crippen molar-refractivity contribution in [2.45, 2.75) is 32.1 Å². The number of carbonyl (C=O) groups is 3. The third-order valence-electron chi connectivity index (χ3n) is 6.98. The number of rotatable bonds is 3. The molecule has 6 rings (SSSR count). The number of aryl methyl sites for hydroxylation is 1. The second kappa shape index (κ2) is 8.20. The maximum absolute atomic E-state index is 13.5. The van der Waals surface area contributed by atoms with Crippen molar-refractivity contribution in [3.8, 4) is 5.75 Å². The van der Waals surface area contributed by atoms with Crippen molar-refractivity contribution in [1.29, 1.82) is 0 Å². The molecule has 0 amide bonds. The Kier molecular flexibility index (Phi) is 4.99. The van der Waals surface area contributed by atoms with Crippen LogP contribution in [0.4, 0.5) is 0 Å². The predicted molar refractivity (Wildman–Crippen MR) is 132 cm³/mol. The number of benzene rings is 3. The van der Waals surface area contributed by atoms with Crippen LogP contribution in [0.2, 0.25) is 0 Å². The highest BCUT2D eigenvalue weighted by molar-refractivity contribution is 6.23. The Morgan fingerprint density at radius 3 is 2.31 bits per heavy atom. The van der Waals surface area contributed by atoms with Gasteiger partial charge in [0, 0.05) is 40.3 Å². The molecule has 1 atom stereocenters. The number of ketones is 2. The van der Waals surface area contributed by atoms with Gasteiger partial charge in [-0.15, -0.1) is 0 Å². The summed E-state index contributed by atoms with van der Waals surface area (Å²) >= 11 is 0. The van der Waals surface area contributed by atoms with Gasteiger partial charge >= 0.3 is 5.97 Å². The molecule has 3 aromatic carbocycles. The topological polar surface area (TPSA) is 72.5 Å². The van der Waals surface area contributed by atoms with Crippen molar-refractivity contribution in [1.82, 2.24) is 5.32 Å². The number of hydrogen-bond donors (Lipinski definition) is 1. The molecular formula is C30H23NO4. The highest BCUT2D eigenvalue weighted by Gasteiger charge is 2.43. The highest BCUT2D eigenvalue weighted by Crippen LogP contribution is 2.48. The summed E-state index contributed by atoms with van der Waals surface area (Å²) in [5.74, 6) is -0.441. The van der Waals surface area contributed by atoms with Crippen LogP contribution in [0.5, 0.6) is 5.75 Å². The van der Waals surface area contributed by atoms with Crippen molar-refractivity contribution < 1.29 is 19.1 Å². The van der Waals surface area contributed by atoms with Gasteiger partial charge in [0.05, 0.1) is 11.3 Å². The predicted octanol–water partition coefficient (Wildman–Crippen LogP) is 5.52. The molecule has 0 spiro atoms. The monoisotopic (exact) mass is 461 g/mol. The Morgan fingerprint density at radius 2 is 1.57 bits per heavy atom. The zero-order valence-corrected chi connectivity index (χ0v) is 19.3. The third-order valence-corrected chi connectivity index (χ3v) is 6.98. The van der Waals surface area contributed by atoms with Crippen LogP contribution in [0.3, 0.4) is 0 Å². The molecule has 2 aliphatic carbocycles. The summed E-state index contributed by atoms with van der Waals surface area (Å²) in [4.78, 5) is 39.1. The molecule has 0 unspecified atom stereocenters. The lowest BCUT2D eigenvalue weighted by Gasteiger charge is -2.33. The zero-order valence-electron chi connectivity index (χ0n) is 19.3. The van der Waals surface area contributed by atoms with E-state index in [0.717, 1.165) is 40.9 Å². The fraction of sp³-hybridized carbons (Fsp3) is 0.167. The number of nitrogens with one attached hydrogen (secondary N) is 1. The van der Waals surface area contributed by atoms with Crippen molar-refractivity contribution >= 4 is 23.2 Å². The normalized spacial score (nSPS) is 18.6. The molecule has 172 valence electrons. The van der Waals surface area contributed by atoms with Crippen molar-refractivity contribution in [3.63, 3.8) is 0 Å². The molecule has 3 aromatic rings. The van der Waals surface area contributed by atoms with Crippen molar-refractivity contribution in [3.05, 3.63) is 117 Å². The molecule has 0 saturated carbocycles. The van der Waals surface area contributed by atoms with Gasteiger partial charge in [-0.25, -0.2) is 4.79 Å². The zero-order chi connectivity index (χ0) is 24.1. The van der Waals surface area contributed by atoms with Crippen LogP contribution in [0, 0.1) is 6.92 Å². The van der Waals surface area contributed by atoms with Gasteiger partial charge in [0.15, 0.2) is 11.6 Å². The fourth-order valence-corrected chi connectivity index (χ4v) is 5.25. The number of carbonyl (C=O) groups excluding carboxylic acids is 3. The van der Waals surface area contributed by atoms with E-state index in [1.807, 2.05) is 55.5 Å². The summed E-state index contributed by atoms with van der Waals surface area (Å²) < 4.78 is 5.56. The van der Waals surface area contributed by atoms with Gasteiger partial charge in [0.2, 0.25) is 0 Å². The minimum absolute atomic E-state index is 0.0482. The maximum atomic E-state index is 13.5. The van der Waals surface area contributed by atoms with Crippen LogP contribution in [0.15, 0.2) is 89.6 Å². The summed E-state index contributed by atoms with van der Waals surface area (Å²) in [5, 5.41) is 3.44. The van der Waals surface area contributed by atoms with Crippen LogP contribution in [0.1, 0.15) is 62.6 Å². The summed E-state index contributed by atoms with van der Waals surface area (Å²) in [6.45, 7) is 1.96. The maximum Gasteiger partial charge on any atom is 0.343 e. The largest absolute Gasteiger partial charge is 0.423 e. The second-order valence-electron chi connectivity index (χ2n) is 9.21. The van der Waals surface area contributed by atoms with Gasteiger partial charge in [-0.05, 0) is 49.6 Å². The molecule has 5 heteroatoms. The number of allylic oxidation sites excluding steroid dienone is 3. The van der Waals surface area contributed by atoms with Crippen molar-refractivity contribution in [2.75, 3.05) is 0 Å². The molecule has 35 heavy (non-hydrogen) atoms. The van der Waals surface area contributed by atoms with E-state index in [-0.39, 0.29) is 11.6 Å². The highest BCUT2D eigenvalue weighted by atomic mass is 16.5. The lowest BCUT2D eigenvalue weighted by molar-refractivity contribution is -0.116. The molecule has 5 nitrogen and oxygen atoms in total. The Morgan fingerprint density at radius 1 is 0.857 bits per heavy atom. The number of hydrogen-bond acceptors (Lipinski definition) is 5. The van der Waals surface area contributed by atoms with E-state index in [9.17, 15) is 14.4 Å². The Bertz CT molecular complexity index is 1460. The van der Waals surface area contributed by atoms with E-state index in [2.05, 4.69) is 5.32 Å². The molecule has 1 heterocycles. The summed E-state index contributed by atoms with van der Waals surface area (Å²) in [6, 6.07) is 21.9. The van der Waals surface area contributed by atoms with Crippen LogP contribution in [0.25, 0.3) is 5.70 Å². The van der Waals surface area contributed by atoms with E-state index in [1.54, 1.807) is 24.3 Å². The van der Waals surface area contributed by atoms with E-state index < -0.39 is 11.9 Å². The molecule has 1 aliphatic heterocycles. The number of esters is 1. The smallest absolute Gasteiger partial charge is 0.343 e. The van der Waals surface area contributed by atoms with Crippen LogP contribution in [-0.4, -0.2) is 17.5 Å². The lowest BCUT2D eigenvalue weighted by atomic mass is 9.75. The molecule has 0 radical (unpaired) electrons. The lowest BCUT2D eigenvalue weighted by Crippen LogP contribution is -2.31. The Hall–Kier alpha value is -4.25. The van der Waals surface area contributed by atoms with Gasteiger partial charge in [-0.2, -0.15) is 0 Å². The first kappa shape index (κ1) is 21.3. The van der Waals surface area contributed by atoms with E-state index >= 15 is 0 Å². The average molecular weight is 462 g/mol. The van der Waals surface area contributed by atoms with Crippen LogP contribution >= 0.6 is 0 Å². The van der Waals surface area contributed by atoms with Gasteiger partial charge in [-0.3, -0.25) is 9.59 Å². The number of fused-ring (bicyclic) bond motifs is 2. The van der Waals surface area contributed by atoms with Crippen molar-refractivity contribution in [2.24, 2.45) is 0 Å². The van der Waals surface area contributed by atoms with E-state index in [1.165, 1.54) is 0 Å². The van der Waals surface area contributed by atoms with Gasteiger partial charge < -0.3 is 10.1 Å². The molecule has 0 fully saturated rings. The van der Waals surface area contributed by atoms with E-state index in [0.29, 0.717) is 34.4 Å². The van der Waals surface area contributed by atoms with Crippen LogP contribution < -0.4 is 10.1 Å². The van der Waals surface area contributed by atoms with E-state index in [4.69, 9.17) is 4.74 Å². The second-order valence-corrected chi connectivity index (χ2v) is 9.21. The standard InChI is InChI=1S/C30H23NO4/c1-17-9-11-19(12-10-17)30(34)35-20-15-13-18(14-16-20)25-26-23(7-4-8-24(26)32)31-28-21-5-2-3-6-22(21)29(33)27(25)28/h2-3,5-6,9-16,25,31H,4,7-8H2,1H3/t25-/m0/s1. The Labute approximate surface area is 203 Å². The van der Waals surface area contributed by atoms with Gasteiger partial charge in [-0.1, -0.05) is 54.1 Å². The van der Waals surface area contributed by atoms with Crippen LogP contribution in [-0.2, 0) is 4.79 Å². The third kappa shape index (κ3) is 3.51.